The number of alkyl carbamates (subject to hydrolysis) is 1. The van der Waals surface area contributed by atoms with E-state index >= 15 is 0 Å². The lowest BCUT2D eigenvalue weighted by Crippen LogP contribution is -2.46. The number of aliphatic hydroxyl groups excluding tert-OH is 1. The molecule has 26 heavy (non-hydrogen) atoms. The smallest absolute Gasteiger partial charge is 0.407 e. The fourth-order valence-electron chi connectivity index (χ4n) is 2.46. The summed E-state index contributed by atoms with van der Waals surface area (Å²) >= 11 is 0. The van der Waals surface area contributed by atoms with Crippen molar-refractivity contribution in [3.63, 3.8) is 0 Å². The number of ether oxygens (including phenoxy) is 2. The van der Waals surface area contributed by atoms with Gasteiger partial charge in [0.1, 0.15) is 6.61 Å². The lowest BCUT2D eigenvalue weighted by Gasteiger charge is -2.23. The van der Waals surface area contributed by atoms with Crippen LogP contribution in [0.5, 0.6) is 0 Å². The third-order valence-electron chi connectivity index (χ3n) is 3.88. The van der Waals surface area contributed by atoms with Crippen LogP contribution in [0.3, 0.4) is 0 Å². The Kier molecular flexibility index (Phi) is 7.64. The summed E-state index contributed by atoms with van der Waals surface area (Å²) in [5.74, 6) is -0.546. The lowest BCUT2D eigenvalue weighted by molar-refractivity contribution is -0.143. The monoisotopic (exact) mass is 357 g/mol. The highest BCUT2D eigenvalue weighted by atomic mass is 16.5. The maximum absolute atomic E-state index is 12.1. The van der Waals surface area contributed by atoms with Gasteiger partial charge >= 0.3 is 12.1 Å². The molecule has 2 aromatic rings. The second-order valence-electron chi connectivity index (χ2n) is 5.85. The van der Waals surface area contributed by atoms with E-state index in [9.17, 15) is 14.7 Å². The van der Waals surface area contributed by atoms with Crippen LogP contribution < -0.4 is 5.32 Å². The summed E-state index contributed by atoms with van der Waals surface area (Å²) in [4.78, 5) is 23.6. The van der Waals surface area contributed by atoms with Crippen LogP contribution in [-0.2, 0) is 27.3 Å². The Morgan fingerprint density at radius 3 is 2.15 bits per heavy atom. The van der Waals surface area contributed by atoms with E-state index in [2.05, 4.69) is 10.1 Å². The number of rotatable bonds is 8. The molecular formula is C20H23NO5. The Balaban J connectivity index is 1.97. The number of benzene rings is 2. The van der Waals surface area contributed by atoms with Crippen LogP contribution >= 0.6 is 0 Å². The first-order valence-corrected chi connectivity index (χ1v) is 8.34. The zero-order valence-electron chi connectivity index (χ0n) is 14.6. The topological polar surface area (TPSA) is 84.9 Å². The van der Waals surface area contributed by atoms with E-state index in [1.165, 1.54) is 7.11 Å². The quantitative estimate of drug-likeness (QED) is 0.709. The van der Waals surface area contributed by atoms with E-state index in [-0.39, 0.29) is 13.0 Å². The van der Waals surface area contributed by atoms with Gasteiger partial charge in [-0.3, -0.25) is 4.79 Å². The standard InChI is InChI=1S/C20H23NO5/c1-25-19(23)13-18(22)17(12-15-8-4-2-5-9-15)21-20(24)26-14-16-10-6-3-7-11-16/h2-11,17-18,22H,12-14H2,1H3,(H,21,24)/t17-,18+/m0/s1. The van der Waals surface area contributed by atoms with Crippen LogP contribution in [-0.4, -0.2) is 36.4 Å². The Morgan fingerprint density at radius 1 is 1.00 bits per heavy atom. The van der Waals surface area contributed by atoms with Gasteiger partial charge in [-0.15, -0.1) is 0 Å². The molecule has 2 aromatic carbocycles. The SMILES string of the molecule is COC(=O)C[C@@H](O)[C@H](Cc1ccccc1)NC(=O)OCc1ccccc1. The largest absolute Gasteiger partial charge is 0.469 e. The zero-order valence-corrected chi connectivity index (χ0v) is 14.6. The summed E-state index contributed by atoms with van der Waals surface area (Å²) in [5.41, 5.74) is 1.78. The highest BCUT2D eigenvalue weighted by molar-refractivity contribution is 5.71. The minimum atomic E-state index is -1.09. The average molecular weight is 357 g/mol. The van der Waals surface area contributed by atoms with E-state index in [1.807, 2.05) is 60.7 Å². The Morgan fingerprint density at radius 2 is 1.58 bits per heavy atom. The molecule has 0 unspecified atom stereocenters. The minimum Gasteiger partial charge on any atom is -0.469 e. The Hall–Kier alpha value is -2.86. The van der Waals surface area contributed by atoms with E-state index in [0.717, 1.165) is 11.1 Å². The Bertz CT molecular complexity index is 690. The van der Waals surface area contributed by atoms with Gasteiger partial charge in [0.05, 0.1) is 25.7 Å². The molecule has 0 saturated carbocycles. The predicted molar refractivity (Wildman–Crippen MR) is 96.3 cm³/mol. The molecule has 2 atom stereocenters. The first-order chi connectivity index (χ1) is 12.6. The second-order valence-corrected chi connectivity index (χ2v) is 5.85. The van der Waals surface area contributed by atoms with Crippen molar-refractivity contribution in [2.24, 2.45) is 0 Å². The summed E-state index contributed by atoms with van der Waals surface area (Å²) in [6.45, 7) is 0.123. The number of amides is 1. The van der Waals surface area contributed by atoms with E-state index < -0.39 is 24.2 Å². The summed E-state index contributed by atoms with van der Waals surface area (Å²) in [6, 6.07) is 18.0. The number of esters is 1. The molecule has 0 heterocycles. The van der Waals surface area contributed by atoms with Crippen molar-refractivity contribution in [2.75, 3.05) is 7.11 Å². The van der Waals surface area contributed by atoms with Gasteiger partial charge in [-0.25, -0.2) is 4.79 Å². The fourth-order valence-corrected chi connectivity index (χ4v) is 2.46. The van der Waals surface area contributed by atoms with E-state index in [1.54, 1.807) is 0 Å². The van der Waals surface area contributed by atoms with Gasteiger partial charge in [0.25, 0.3) is 0 Å². The van der Waals surface area contributed by atoms with Gasteiger partial charge in [0, 0.05) is 0 Å². The first-order valence-electron chi connectivity index (χ1n) is 8.34. The van der Waals surface area contributed by atoms with Crippen LogP contribution in [0.25, 0.3) is 0 Å². The van der Waals surface area contributed by atoms with Gasteiger partial charge in [-0.1, -0.05) is 60.7 Å². The second kappa shape index (κ2) is 10.2. The van der Waals surface area contributed by atoms with Gasteiger partial charge < -0.3 is 19.9 Å². The van der Waals surface area contributed by atoms with Crippen LogP contribution in [0.15, 0.2) is 60.7 Å². The fraction of sp³-hybridized carbons (Fsp3) is 0.300. The number of nitrogens with one attached hydrogen (secondary N) is 1. The molecule has 2 N–H and O–H groups in total. The molecule has 1 amide bonds. The highest BCUT2D eigenvalue weighted by Gasteiger charge is 2.25. The molecule has 0 aliphatic heterocycles. The van der Waals surface area contributed by atoms with Gasteiger partial charge in [-0.2, -0.15) is 0 Å². The molecule has 0 spiro atoms. The molecule has 0 aromatic heterocycles. The molecule has 6 heteroatoms. The van der Waals surface area contributed by atoms with E-state index in [0.29, 0.717) is 6.42 Å². The maximum atomic E-state index is 12.1. The van der Waals surface area contributed by atoms with Crippen LogP contribution in [0.1, 0.15) is 17.5 Å². The molecule has 0 fully saturated rings. The number of carbonyl (C=O) groups excluding carboxylic acids is 2. The van der Waals surface area contributed by atoms with Crippen molar-refractivity contribution in [1.82, 2.24) is 5.32 Å². The molecule has 0 aliphatic carbocycles. The maximum Gasteiger partial charge on any atom is 0.407 e. The molecule has 0 radical (unpaired) electrons. The predicted octanol–water partition coefficient (Wildman–Crippen LogP) is 2.45. The number of carbonyl (C=O) groups is 2. The molecule has 2 rings (SSSR count). The van der Waals surface area contributed by atoms with Crippen molar-refractivity contribution in [1.29, 1.82) is 0 Å². The molecule has 0 aliphatic rings. The summed E-state index contributed by atoms with van der Waals surface area (Å²) in [5, 5.41) is 13.0. The Labute approximate surface area is 152 Å². The lowest BCUT2D eigenvalue weighted by atomic mass is 9.99. The number of methoxy groups -OCH3 is 1. The third kappa shape index (κ3) is 6.57. The molecule has 0 bridgehead atoms. The highest BCUT2D eigenvalue weighted by Crippen LogP contribution is 2.10. The van der Waals surface area contributed by atoms with Gasteiger partial charge in [-0.05, 0) is 17.5 Å². The van der Waals surface area contributed by atoms with E-state index in [4.69, 9.17) is 4.74 Å². The zero-order chi connectivity index (χ0) is 18.8. The number of hydrogen-bond acceptors (Lipinski definition) is 5. The summed E-state index contributed by atoms with van der Waals surface area (Å²) < 4.78 is 9.79. The molecule has 138 valence electrons. The van der Waals surface area contributed by atoms with Crippen molar-refractivity contribution >= 4 is 12.1 Å². The average Bonchev–Trinajstić information content (AvgIpc) is 2.67. The van der Waals surface area contributed by atoms with Crippen molar-refractivity contribution in [2.45, 2.75) is 31.6 Å². The number of aliphatic hydroxyl groups is 1. The van der Waals surface area contributed by atoms with Crippen LogP contribution in [0, 0.1) is 0 Å². The van der Waals surface area contributed by atoms with Crippen molar-refractivity contribution in [3.8, 4) is 0 Å². The third-order valence-corrected chi connectivity index (χ3v) is 3.88. The summed E-state index contributed by atoms with van der Waals surface area (Å²) in [6.07, 6.45) is -1.60. The van der Waals surface area contributed by atoms with Crippen LogP contribution in [0.4, 0.5) is 4.79 Å². The van der Waals surface area contributed by atoms with Crippen molar-refractivity contribution < 1.29 is 24.2 Å². The van der Waals surface area contributed by atoms with Gasteiger partial charge in [0.15, 0.2) is 0 Å². The molecular weight excluding hydrogens is 334 g/mol. The van der Waals surface area contributed by atoms with Crippen LogP contribution in [0.2, 0.25) is 0 Å². The first kappa shape index (κ1) is 19.5. The molecule has 6 nitrogen and oxygen atoms in total. The van der Waals surface area contributed by atoms with Gasteiger partial charge in [0.2, 0.25) is 0 Å². The normalized spacial score (nSPS) is 12.7. The molecule has 0 saturated heterocycles. The summed E-state index contributed by atoms with van der Waals surface area (Å²) in [7, 11) is 1.25. The number of hydrogen-bond donors (Lipinski definition) is 2. The van der Waals surface area contributed by atoms with Crippen molar-refractivity contribution in [3.05, 3.63) is 71.8 Å². The minimum absolute atomic E-state index is 0.123.